The Morgan fingerprint density at radius 1 is 1.30 bits per heavy atom. The number of benzene rings is 1. The largest absolute Gasteiger partial charge is 0.482 e. The molecule has 3 N–H and O–H groups in total. The second kappa shape index (κ2) is 6.42. The Morgan fingerprint density at radius 2 is 2.10 bits per heavy atom. The molecule has 2 aromatic rings. The molecule has 0 aliphatic heterocycles. The number of nitrogens with zero attached hydrogens (tertiary/aromatic N) is 1. The normalized spacial score (nSPS) is 9.85. The van der Waals surface area contributed by atoms with Crippen molar-refractivity contribution in [2.75, 3.05) is 24.8 Å². The van der Waals surface area contributed by atoms with Crippen LogP contribution in [0.3, 0.4) is 0 Å². The lowest BCUT2D eigenvalue weighted by Gasteiger charge is -2.09. The third kappa shape index (κ3) is 3.61. The first-order valence-electron chi connectivity index (χ1n) is 5.96. The van der Waals surface area contributed by atoms with Gasteiger partial charge in [0.05, 0.1) is 24.7 Å². The highest BCUT2D eigenvalue weighted by Crippen LogP contribution is 2.19. The summed E-state index contributed by atoms with van der Waals surface area (Å²) in [5.74, 6) is 0.673. The van der Waals surface area contributed by atoms with Crippen LogP contribution < -0.4 is 20.5 Å². The molecule has 6 nitrogen and oxygen atoms in total. The molecule has 0 radical (unpaired) electrons. The number of anilines is 2. The molecule has 0 spiro atoms. The van der Waals surface area contributed by atoms with Crippen LogP contribution in [-0.2, 0) is 4.79 Å². The summed E-state index contributed by atoms with van der Waals surface area (Å²) in [4.78, 5) is 15.7. The Balaban J connectivity index is 1.87. The standard InChI is InChI=1S/C14H15N3O3/c1-19-14-7-6-10(8-16-14)17-13(18)9-20-12-5-3-2-4-11(12)15/h2-8H,9,15H2,1H3,(H,17,18). The van der Waals surface area contributed by atoms with E-state index in [9.17, 15) is 4.79 Å². The molecule has 0 saturated carbocycles. The average molecular weight is 273 g/mol. The molecule has 1 heterocycles. The number of hydrogen-bond acceptors (Lipinski definition) is 5. The number of carbonyl (C=O) groups is 1. The molecular formula is C14H15N3O3. The molecule has 1 aromatic heterocycles. The maximum absolute atomic E-state index is 11.7. The summed E-state index contributed by atoms with van der Waals surface area (Å²) in [5, 5.41) is 2.66. The first-order chi connectivity index (χ1) is 9.69. The Kier molecular flexibility index (Phi) is 4.39. The molecule has 2 rings (SSSR count). The van der Waals surface area contributed by atoms with E-state index in [1.54, 1.807) is 36.4 Å². The van der Waals surface area contributed by atoms with Gasteiger partial charge in [-0.3, -0.25) is 4.79 Å². The van der Waals surface area contributed by atoms with Crippen LogP contribution in [0, 0.1) is 0 Å². The van der Waals surface area contributed by atoms with Crippen molar-refractivity contribution in [3.8, 4) is 11.6 Å². The van der Waals surface area contributed by atoms with Crippen LogP contribution in [-0.4, -0.2) is 24.6 Å². The van der Waals surface area contributed by atoms with Gasteiger partial charge in [0.2, 0.25) is 5.88 Å². The van der Waals surface area contributed by atoms with Crippen LogP contribution in [0.25, 0.3) is 0 Å². The van der Waals surface area contributed by atoms with Crippen LogP contribution in [0.2, 0.25) is 0 Å². The second-order valence-electron chi connectivity index (χ2n) is 3.96. The fourth-order valence-electron chi connectivity index (χ4n) is 1.53. The number of rotatable bonds is 5. The summed E-state index contributed by atoms with van der Waals surface area (Å²) >= 11 is 0. The van der Waals surface area contributed by atoms with Crippen molar-refractivity contribution < 1.29 is 14.3 Å². The number of nitrogen functional groups attached to an aromatic ring is 1. The van der Waals surface area contributed by atoms with Crippen molar-refractivity contribution in [2.24, 2.45) is 0 Å². The number of nitrogens with two attached hydrogens (primary N) is 1. The average Bonchev–Trinajstić information content (AvgIpc) is 2.47. The van der Waals surface area contributed by atoms with Crippen molar-refractivity contribution in [3.63, 3.8) is 0 Å². The molecule has 20 heavy (non-hydrogen) atoms. The molecule has 0 unspecified atom stereocenters. The minimum atomic E-state index is -0.291. The van der Waals surface area contributed by atoms with E-state index < -0.39 is 0 Å². The number of carbonyl (C=O) groups excluding carboxylic acids is 1. The van der Waals surface area contributed by atoms with Gasteiger partial charge in [-0.05, 0) is 18.2 Å². The van der Waals surface area contributed by atoms with Crippen LogP contribution >= 0.6 is 0 Å². The first-order valence-corrected chi connectivity index (χ1v) is 5.96. The molecule has 1 aromatic carbocycles. The fraction of sp³-hybridized carbons (Fsp3) is 0.143. The minimum Gasteiger partial charge on any atom is -0.482 e. The molecule has 0 fully saturated rings. The maximum Gasteiger partial charge on any atom is 0.262 e. The summed E-state index contributed by atoms with van der Waals surface area (Å²) in [6.07, 6.45) is 1.51. The highest BCUT2D eigenvalue weighted by Gasteiger charge is 2.06. The Morgan fingerprint density at radius 3 is 2.75 bits per heavy atom. The lowest BCUT2D eigenvalue weighted by atomic mass is 10.3. The van der Waals surface area contributed by atoms with E-state index >= 15 is 0 Å². The zero-order valence-corrected chi connectivity index (χ0v) is 11.0. The van der Waals surface area contributed by atoms with Gasteiger partial charge in [0.15, 0.2) is 6.61 Å². The minimum absolute atomic E-state index is 0.125. The Hall–Kier alpha value is -2.76. The number of pyridine rings is 1. The zero-order valence-electron chi connectivity index (χ0n) is 11.0. The predicted molar refractivity (Wildman–Crippen MR) is 75.8 cm³/mol. The number of para-hydroxylation sites is 2. The fourth-order valence-corrected chi connectivity index (χ4v) is 1.53. The van der Waals surface area contributed by atoms with Crippen LogP contribution in [0.1, 0.15) is 0 Å². The summed E-state index contributed by atoms with van der Waals surface area (Å²) in [6, 6.07) is 10.4. The number of aromatic nitrogens is 1. The molecule has 0 aliphatic rings. The molecule has 1 amide bonds. The highest BCUT2D eigenvalue weighted by atomic mass is 16.5. The molecule has 104 valence electrons. The molecule has 0 bridgehead atoms. The van der Waals surface area contributed by atoms with Gasteiger partial charge in [0.1, 0.15) is 5.75 Å². The number of nitrogens with one attached hydrogen (secondary N) is 1. The molecule has 0 aliphatic carbocycles. The van der Waals surface area contributed by atoms with Gasteiger partial charge >= 0.3 is 0 Å². The maximum atomic E-state index is 11.7. The lowest BCUT2D eigenvalue weighted by Crippen LogP contribution is -2.20. The van der Waals surface area contributed by atoms with Crippen molar-refractivity contribution in [2.45, 2.75) is 0 Å². The van der Waals surface area contributed by atoms with Crippen LogP contribution in [0.5, 0.6) is 11.6 Å². The second-order valence-corrected chi connectivity index (χ2v) is 3.96. The number of methoxy groups -OCH3 is 1. The third-order valence-corrected chi connectivity index (χ3v) is 2.51. The van der Waals surface area contributed by atoms with Gasteiger partial charge in [-0.15, -0.1) is 0 Å². The van der Waals surface area contributed by atoms with E-state index in [1.807, 2.05) is 0 Å². The van der Waals surface area contributed by atoms with E-state index in [1.165, 1.54) is 13.3 Å². The summed E-state index contributed by atoms with van der Waals surface area (Å²) in [7, 11) is 1.53. The highest BCUT2D eigenvalue weighted by molar-refractivity contribution is 5.91. The summed E-state index contributed by atoms with van der Waals surface area (Å²) in [6.45, 7) is -0.125. The van der Waals surface area contributed by atoms with Crippen LogP contribution in [0.4, 0.5) is 11.4 Å². The van der Waals surface area contributed by atoms with E-state index in [0.29, 0.717) is 23.0 Å². The van der Waals surface area contributed by atoms with E-state index in [4.69, 9.17) is 15.2 Å². The van der Waals surface area contributed by atoms with Crippen molar-refractivity contribution in [1.82, 2.24) is 4.98 Å². The number of ether oxygens (including phenoxy) is 2. The summed E-state index contributed by atoms with van der Waals surface area (Å²) < 4.78 is 10.3. The van der Waals surface area contributed by atoms with Gasteiger partial charge in [-0.1, -0.05) is 12.1 Å². The van der Waals surface area contributed by atoms with Crippen molar-refractivity contribution >= 4 is 17.3 Å². The van der Waals surface area contributed by atoms with Gasteiger partial charge < -0.3 is 20.5 Å². The Labute approximate surface area is 116 Å². The SMILES string of the molecule is COc1ccc(NC(=O)COc2ccccc2N)cn1. The number of amides is 1. The third-order valence-electron chi connectivity index (χ3n) is 2.51. The van der Waals surface area contributed by atoms with Gasteiger partial charge in [-0.2, -0.15) is 0 Å². The van der Waals surface area contributed by atoms with Gasteiger partial charge in [-0.25, -0.2) is 4.98 Å². The van der Waals surface area contributed by atoms with Gasteiger partial charge in [0.25, 0.3) is 5.91 Å². The smallest absolute Gasteiger partial charge is 0.262 e. The number of hydrogen-bond donors (Lipinski definition) is 2. The molecule has 6 heteroatoms. The zero-order chi connectivity index (χ0) is 14.4. The topological polar surface area (TPSA) is 86.5 Å². The van der Waals surface area contributed by atoms with Crippen molar-refractivity contribution in [1.29, 1.82) is 0 Å². The quantitative estimate of drug-likeness (QED) is 0.809. The monoisotopic (exact) mass is 273 g/mol. The molecule has 0 atom stereocenters. The van der Waals surface area contributed by atoms with E-state index in [2.05, 4.69) is 10.3 Å². The molecular weight excluding hydrogens is 258 g/mol. The van der Waals surface area contributed by atoms with E-state index in [-0.39, 0.29) is 12.5 Å². The van der Waals surface area contributed by atoms with Gasteiger partial charge in [0, 0.05) is 6.07 Å². The van der Waals surface area contributed by atoms with Crippen LogP contribution in [0.15, 0.2) is 42.6 Å². The summed E-state index contributed by atoms with van der Waals surface area (Å²) in [5.41, 5.74) is 6.77. The van der Waals surface area contributed by atoms with Crippen molar-refractivity contribution in [3.05, 3.63) is 42.6 Å². The molecule has 0 saturated heterocycles. The predicted octanol–water partition coefficient (Wildman–Crippen LogP) is 1.69. The van der Waals surface area contributed by atoms with E-state index in [0.717, 1.165) is 0 Å². The first kappa shape index (κ1) is 13.7. The lowest BCUT2D eigenvalue weighted by molar-refractivity contribution is -0.118. The Bertz CT molecular complexity index is 584.